The van der Waals surface area contributed by atoms with Crippen LogP contribution in [-0.4, -0.2) is 5.54 Å². The molecule has 1 aromatic carbocycles. The van der Waals surface area contributed by atoms with Gasteiger partial charge in [0.2, 0.25) is 0 Å². The number of nitrogens with one attached hydrogen (secondary N) is 1. The predicted octanol–water partition coefficient (Wildman–Crippen LogP) is 3.17. The normalized spacial score (nSPS) is 18.6. The van der Waals surface area contributed by atoms with Gasteiger partial charge in [0.25, 0.3) is 0 Å². The summed E-state index contributed by atoms with van der Waals surface area (Å²) in [5.41, 5.74) is 2.22. The van der Waals surface area contributed by atoms with Gasteiger partial charge in [-0.2, -0.15) is 0 Å². The maximum Gasteiger partial charge on any atom is 0.126 e. The van der Waals surface area contributed by atoms with Crippen LogP contribution in [0, 0.1) is 12.7 Å². The second-order valence-electron chi connectivity index (χ2n) is 4.85. The first-order valence-electron chi connectivity index (χ1n) is 5.59. The molecule has 1 aliphatic carbocycles. The Hall–Kier alpha value is -0.890. The predicted molar refractivity (Wildman–Crippen MR) is 60.2 cm³/mol. The number of halogens is 1. The van der Waals surface area contributed by atoms with Gasteiger partial charge in [0.15, 0.2) is 0 Å². The van der Waals surface area contributed by atoms with Crippen LogP contribution in [0.3, 0.4) is 0 Å². The van der Waals surface area contributed by atoms with Crippen molar-refractivity contribution in [1.82, 2.24) is 5.32 Å². The van der Waals surface area contributed by atoms with Gasteiger partial charge in [-0.3, -0.25) is 0 Å². The van der Waals surface area contributed by atoms with Gasteiger partial charge in [0, 0.05) is 12.1 Å². The Morgan fingerprint density at radius 1 is 1.40 bits per heavy atom. The van der Waals surface area contributed by atoms with Crippen LogP contribution in [0.2, 0.25) is 0 Å². The number of hydrogen-bond acceptors (Lipinski definition) is 1. The fraction of sp³-hybridized carbons (Fsp3) is 0.538. The van der Waals surface area contributed by atoms with E-state index in [0.717, 1.165) is 12.1 Å². The molecule has 1 aliphatic rings. The molecular weight excluding hydrogens is 189 g/mol. The summed E-state index contributed by atoms with van der Waals surface area (Å²) in [6, 6.07) is 5.33. The maximum absolute atomic E-state index is 13.0. The summed E-state index contributed by atoms with van der Waals surface area (Å²) in [7, 11) is 0. The van der Waals surface area contributed by atoms with E-state index in [1.54, 1.807) is 6.07 Å². The molecular formula is C13H18FN. The maximum atomic E-state index is 13.0. The van der Waals surface area contributed by atoms with Gasteiger partial charge in [-0.25, -0.2) is 4.39 Å². The zero-order valence-electron chi connectivity index (χ0n) is 9.44. The minimum atomic E-state index is -0.117. The smallest absolute Gasteiger partial charge is 0.126 e. The zero-order valence-corrected chi connectivity index (χ0v) is 9.44. The molecule has 0 heterocycles. The van der Waals surface area contributed by atoms with E-state index in [1.807, 2.05) is 19.1 Å². The second kappa shape index (κ2) is 3.93. The van der Waals surface area contributed by atoms with Crippen molar-refractivity contribution < 1.29 is 4.39 Å². The molecule has 1 fully saturated rings. The van der Waals surface area contributed by atoms with Crippen LogP contribution in [0.4, 0.5) is 4.39 Å². The Morgan fingerprint density at radius 2 is 2.13 bits per heavy atom. The summed E-state index contributed by atoms with van der Waals surface area (Å²) in [4.78, 5) is 0. The minimum absolute atomic E-state index is 0.117. The number of rotatable bonds is 3. The second-order valence-corrected chi connectivity index (χ2v) is 4.85. The summed E-state index contributed by atoms with van der Waals surface area (Å²) in [6.45, 7) is 4.91. The first-order chi connectivity index (χ1) is 7.09. The van der Waals surface area contributed by atoms with Crippen molar-refractivity contribution in [3.63, 3.8) is 0 Å². The van der Waals surface area contributed by atoms with E-state index >= 15 is 0 Å². The SMILES string of the molecule is Cc1cc(CNC2(C)CCC2)ccc1F. The van der Waals surface area contributed by atoms with E-state index < -0.39 is 0 Å². The van der Waals surface area contributed by atoms with Crippen LogP contribution in [-0.2, 0) is 6.54 Å². The molecule has 82 valence electrons. The Labute approximate surface area is 90.7 Å². The van der Waals surface area contributed by atoms with Crippen molar-refractivity contribution in [2.24, 2.45) is 0 Å². The van der Waals surface area contributed by atoms with E-state index in [1.165, 1.54) is 24.8 Å². The first-order valence-corrected chi connectivity index (χ1v) is 5.59. The van der Waals surface area contributed by atoms with Crippen molar-refractivity contribution >= 4 is 0 Å². The van der Waals surface area contributed by atoms with Gasteiger partial charge in [0.1, 0.15) is 5.82 Å². The van der Waals surface area contributed by atoms with Crippen molar-refractivity contribution in [1.29, 1.82) is 0 Å². The van der Waals surface area contributed by atoms with Crippen LogP contribution in [0.15, 0.2) is 18.2 Å². The Balaban J connectivity index is 1.96. The van der Waals surface area contributed by atoms with Crippen molar-refractivity contribution in [3.8, 4) is 0 Å². The lowest BCUT2D eigenvalue weighted by molar-refractivity contribution is 0.207. The number of benzene rings is 1. The van der Waals surface area contributed by atoms with Crippen LogP contribution < -0.4 is 5.32 Å². The lowest BCUT2D eigenvalue weighted by atomic mass is 9.78. The Morgan fingerprint density at radius 3 is 2.67 bits per heavy atom. The van der Waals surface area contributed by atoms with Crippen LogP contribution in [0.25, 0.3) is 0 Å². The van der Waals surface area contributed by atoms with Gasteiger partial charge in [0.05, 0.1) is 0 Å². The quantitative estimate of drug-likeness (QED) is 0.802. The summed E-state index contributed by atoms with van der Waals surface area (Å²) in [5, 5.41) is 3.54. The molecule has 0 spiro atoms. The molecule has 0 radical (unpaired) electrons. The fourth-order valence-electron chi connectivity index (χ4n) is 2.02. The van der Waals surface area contributed by atoms with Crippen molar-refractivity contribution in [2.75, 3.05) is 0 Å². The summed E-state index contributed by atoms with van der Waals surface area (Å²) in [5.74, 6) is -0.117. The van der Waals surface area contributed by atoms with Crippen LogP contribution >= 0.6 is 0 Å². The van der Waals surface area contributed by atoms with Gasteiger partial charge >= 0.3 is 0 Å². The molecule has 1 N–H and O–H groups in total. The highest BCUT2D eigenvalue weighted by molar-refractivity contribution is 5.24. The van der Waals surface area contributed by atoms with Gasteiger partial charge < -0.3 is 5.32 Å². The molecule has 0 atom stereocenters. The van der Waals surface area contributed by atoms with E-state index in [9.17, 15) is 4.39 Å². The molecule has 2 rings (SSSR count). The highest BCUT2D eigenvalue weighted by atomic mass is 19.1. The van der Waals surface area contributed by atoms with Crippen LogP contribution in [0.1, 0.15) is 37.3 Å². The van der Waals surface area contributed by atoms with Gasteiger partial charge in [-0.1, -0.05) is 12.1 Å². The van der Waals surface area contributed by atoms with E-state index in [-0.39, 0.29) is 5.82 Å². The van der Waals surface area contributed by atoms with Crippen molar-refractivity contribution in [2.45, 2.75) is 45.2 Å². The summed E-state index contributed by atoms with van der Waals surface area (Å²) in [6.07, 6.45) is 3.84. The zero-order chi connectivity index (χ0) is 10.9. The molecule has 15 heavy (non-hydrogen) atoms. The molecule has 0 bridgehead atoms. The van der Waals surface area contributed by atoms with E-state index in [0.29, 0.717) is 5.54 Å². The summed E-state index contributed by atoms with van der Waals surface area (Å²) < 4.78 is 13.0. The third-order valence-electron chi connectivity index (χ3n) is 3.40. The highest BCUT2D eigenvalue weighted by Crippen LogP contribution is 2.31. The topological polar surface area (TPSA) is 12.0 Å². The lowest BCUT2D eigenvalue weighted by Crippen LogP contribution is -2.47. The van der Waals surface area contributed by atoms with E-state index in [4.69, 9.17) is 0 Å². The molecule has 0 saturated heterocycles. The molecule has 0 aromatic heterocycles. The average molecular weight is 207 g/mol. The molecule has 0 amide bonds. The standard InChI is InChI=1S/C13H18FN/c1-10-8-11(4-5-12(10)14)9-15-13(2)6-3-7-13/h4-5,8,15H,3,6-7,9H2,1-2H3. The van der Waals surface area contributed by atoms with Crippen LogP contribution in [0.5, 0.6) is 0 Å². The lowest BCUT2D eigenvalue weighted by Gasteiger charge is -2.39. The number of hydrogen-bond donors (Lipinski definition) is 1. The van der Waals surface area contributed by atoms with E-state index in [2.05, 4.69) is 12.2 Å². The highest BCUT2D eigenvalue weighted by Gasteiger charge is 2.30. The largest absolute Gasteiger partial charge is 0.307 e. The summed E-state index contributed by atoms with van der Waals surface area (Å²) >= 11 is 0. The fourth-order valence-corrected chi connectivity index (χ4v) is 2.02. The first kappa shape index (κ1) is 10.6. The molecule has 0 unspecified atom stereocenters. The number of aryl methyl sites for hydroxylation is 1. The van der Waals surface area contributed by atoms with Gasteiger partial charge in [-0.05, 0) is 50.3 Å². The molecule has 1 saturated carbocycles. The molecule has 1 aromatic rings. The van der Waals surface area contributed by atoms with Crippen molar-refractivity contribution in [3.05, 3.63) is 35.1 Å². The third kappa shape index (κ3) is 2.37. The molecule has 2 heteroatoms. The minimum Gasteiger partial charge on any atom is -0.307 e. The Kier molecular flexibility index (Phi) is 2.79. The molecule has 1 nitrogen and oxygen atoms in total. The average Bonchev–Trinajstić information content (AvgIpc) is 2.17. The monoisotopic (exact) mass is 207 g/mol. The van der Waals surface area contributed by atoms with Gasteiger partial charge in [-0.15, -0.1) is 0 Å². The third-order valence-corrected chi connectivity index (χ3v) is 3.40. The molecule has 0 aliphatic heterocycles. The Bertz CT molecular complexity index is 356.